The molecule has 0 aliphatic carbocycles. The molecule has 3 aromatic heterocycles. The second-order valence-corrected chi connectivity index (χ2v) is 6.43. The molecule has 23 heavy (non-hydrogen) atoms. The van der Waals surface area contributed by atoms with Gasteiger partial charge in [0.25, 0.3) is 11.1 Å². The molecule has 0 saturated heterocycles. The third-order valence-electron chi connectivity index (χ3n) is 3.05. The van der Waals surface area contributed by atoms with Crippen LogP contribution in [0.25, 0.3) is 22.2 Å². The van der Waals surface area contributed by atoms with Crippen LogP contribution in [0.1, 0.15) is 5.69 Å². The quantitative estimate of drug-likeness (QED) is 0.488. The van der Waals surface area contributed by atoms with E-state index in [1.807, 2.05) is 18.2 Å². The van der Waals surface area contributed by atoms with E-state index in [0.29, 0.717) is 22.6 Å². The lowest BCUT2D eigenvalue weighted by Crippen LogP contribution is -1.82. The zero-order valence-corrected chi connectivity index (χ0v) is 13.5. The second-order valence-electron chi connectivity index (χ2n) is 4.65. The molecule has 0 saturated carbocycles. The van der Waals surface area contributed by atoms with Crippen LogP contribution in [0.4, 0.5) is 0 Å². The zero-order valence-electron chi connectivity index (χ0n) is 11.9. The Morgan fingerprint density at radius 2 is 1.96 bits per heavy atom. The number of thiazole rings is 1. The molecule has 1 aromatic carbocycles. The molecule has 0 bridgehead atoms. The van der Waals surface area contributed by atoms with E-state index < -0.39 is 0 Å². The molecule has 0 aliphatic rings. The molecule has 0 amide bonds. The van der Waals surface area contributed by atoms with Crippen LogP contribution < -0.4 is 0 Å². The number of benzene rings is 1. The van der Waals surface area contributed by atoms with Crippen LogP contribution in [0.2, 0.25) is 0 Å². The summed E-state index contributed by atoms with van der Waals surface area (Å²) in [5.41, 5.74) is 2.13. The summed E-state index contributed by atoms with van der Waals surface area (Å²) in [4.78, 5) is 4.64. The Bertz CT molecular complexity index is 885. The van der Waals surface area contributed by atoms with Gasteiger partial charge >= 0.3 is 0 Å². The Balaban J connectivity index is 1.43. The highest BCUT2D eigenvalue weighted by molar-refractivity contribution is 7.98. The van der Waals surface area contributed by atoms with Crippen LogP contribution in [-0.2, 0) is 5.75 Å². The summed E-state index contributed by atoms with van der Waals surface area (Å²) < 4.78 is 10.8. The summed E-state index contributed by atoms with van der Waals surface area (Å²) in [6, 6.07) is 13.7. The first-order valence-electron chi connectivity index (χ1n) is 6.88. The van der Waals surface area contributed by atoms with Crippen molar-refractivity contribution in [2.45, 2.75) is 11.0 Å². The Morgan fingerprint density at radius 1 is 1.04 bits per heavy atom. The van der Waals surface area contributed by atoms with E-state index in [1.54, 1.807) is 29.7 Å². The van der Waals surface area contributed by atoms with Crippen LogP contribution in [-0.4, -0.2) is 15.2 Å². The fourth-order valence-corrected chi connectivity index (χ4v) is 3.58. The molecular formula is C16H11N3O2S2. The van der Waals surface area contributed by atoms with E-state index >= 15 is 0 Å². The summed E-state index contributed by atoms with van der Waals surface area (Å²) in [7, 11) is 0. The number of thioether (sulfide) groups is 1. The monoisotopic (exact) mass is 341 g/mol. The topological polar surface area (TPSA) is 65.0 Å². The molecule has 4 rings (SSSR count). The SMILES string of the molecule is c1ccc(-c2nc(CSc3nnc(-c4ccco4)o3)cs2)cc1. The molecule has 0 spiro atoms. The fourth-order valence-electron chi connectivity index (χ4n) is 1.99. The van der Waals surface area contributed by atoms with Crippen molar-refractivity contribution < 1.29 is 8.83 Å². The molecule has 0 N–H and O–H groups in total. The van der Waals surface area contributed by atoms with Gasteiger partial charge in [-0.05, 0) is 12.1 Å². The van der Waals surface area contributed by atoms with Crippen molar-refractivity contribution in [3.8, 4) is 22.2 Å². The Kier molecular flexibility index (Phi) is 3.95. The van der Waals surface area contributed by atoms with Crippen molar-refractivity contribution in [1.29, 1.82) is 0 Å². The first-order chi connectivity index (χ1) is 11.4. The van der Waals surface area contributed by atoms with Gasteiger partial charge in [0.05, 0.1) is 12.0 Å². The summed E-state index contributed by atoms with van der Waals surface area (Å²) >= 11 is 3.10. The van der Waals surface area contributed by atoms with E-state index in [1.165, 1.54) is 11.8 Å². The molecule has 5 nitrogen and oxygen atoms in total. The zero-order chi connectivity index (χ0) is 15.5. The van der Waals surface area contributed by atoms with Gasteiger partial charge in [-0.3, -0.25) is 0 Å². The highest BCUT2D eigenvalue weighted by Crippen LogP contribution is 2.28. The first-order valence-corrected chi connectivity index (χ1v) is 8.75. The van der Waals surface area contributed by atoms with Gasteiger partial charge in [0.15, 0.2) is 5.76 Å². The number of rotatable bonds is 5. The van der Waals surface area contributed by atoms with E-state index in [4.69, 9.17) is 8.83 Å². The molecule has 4 aromatic rings. The lowest BCUT2D eigenvalue weighted by atomic mass is 10.2. The summed E-state index contributed by atoms with van der Waals surface area (Å²) in [5.74, 6) is 1.65. The highest BCUT2D eigenvalue weighted by Gasteiger charge is 2.12. The Morgan fingerprint density at radius 3 is 2.78 bits per heavy atom. The molecule has 7 heteroatoms. The average molecular weight is 341 g/mol. The van der Waals surface area contributed by atoms with Crippen LogP contribution in [0.5, 0.6) is 0 Å². The normalized spacial score (nSPS) is 11.0. The molecule has 0 fully saturated rings. The maximum Gasteiger partial charge on any atom is 0.284 e. The van der Waals surface area contributed by atoms with Gasteiger partial charge < -0.3 is 8.83 Å². The summed E-state index contributed by atoms with van der Waals surface area (Å²) in [6.07, 6.45) is 1.58. The molecule has 0 atom stereocenters. The van der Waals surface area contributed by atoms with Crippen LogP contribution in [0.15, 0.2) is 68.2 Å². The van der Waals surface area contributed by atoms with Crippen molar-refractivity contribution >= 4 is 23.1 Å². The Labute approximate surface area is 140 Å². The number of aromatic nitrogens is 3. The third kappa shape index (κ3) is 3.20. The maximum atomic E-state index is 5.56. The van der Waals surface area contributed by atoms with Gasteiger partial charge in [-0.25, -0.2) is 4.98 Å². The van der Waals surface area contributed by atoms with Crippen LogP contribution in [0.3, 0.4) is 0 Å². The number of hydrogen-bond acceptors (Lipinski definition) is 7. The van der Waals surface area contributed by atoms with E-state index in [9.17, 15) is 0 Å². The molecule has 0 radical (unpaired) electrons. The van der Waals surface area contributed by atoms with Gasteiger partial charge in [-0.1, -0.05) is 42.1 Å². The van der Waals surface area contributed by atoms with Gasteiger partial charge in [-0.15, -0.1) is 21.5 Å². The highest BCUT2D eigenvalue weighted by atomic mass is 32.2. The van der Waals surface area contributed by atoms with Crippen molar-refractivity contribution in [2.75, 3.05) is 0 Å². The van der Waals surface area contributed by atoms with Gasteiger partial charge in [0.1, 0.15) is 5.01 Å². The van der Waals surface area contributed by atoms with Crippen LogP contribution in [0, 0.1) is 0 Å². The number of hydrogen-bond donors (Lipinski definition) is 0. The molecule has 0 aliphatic heterocycles. The third-order valence-corrected chi connectivity index (χ3v) is 4.85. The largest absolute Gasteiger partial charge is 0.459 e. The van der Waals surface area contributed by atoms with E-state index in [0.717, 1.165) is 16.3 Å². The smallest absolute Gasteiger partial charge is 0.284 e. The van der Waals surface area contributed by atoms with E-state index in [-0.39, 0.29) is 0 Å². The van der Waals surface area contributed by atoms with Gasteiger partial charge in [0.2, 0.25) is 0 Å². The molecule has 3 heterocycles. The predicted molar refractivity (Wildman–Crippen MR) is 89.1 cm³/mol. The Hall–Kier alpha value is -2.38. The maximum absolute atomic E-state index is 5.56. The number of furan rings is 1. The fraction of sp³-hybridized carbons (Fsp3) is 0.0625. The minimum absolute atomic E-state index is 0.390. The van der Waals surface area contributed by atoms with Crippen molar-refractivity contribution in [2.24, 2.45) is 0 Å². The average Bonchev–Trinajstić information content (AvgIpc) is 3.33. The van der Waals surface area contributed by atoms with Gasteiger partial charge in [-0.2, -0.15) is 0 Å². The summed E-state index contributed by atoms with van der Waals surface area (Å²) in [6.45, 7) is 0. The lowest BCUT2D eigenvalue weighted by Gasteiger charge is -1.94. The first kappa shape index (κ1) is 14.2. The van der Waals surface area contributed by atoms with Crippen molar-refractivity contribution in [1.82, 2.24) is 15.2 Å². The van der Waals surface area contributed by atoms with E-state index in [2.05, 4.69) is 32.7 Å². The molecule has 114 valence electrons. The minimum Gasteiger partial charge on any atom is -0.459 e. The van der Waals surface area contributed by atoms with Crippen molar-refractivity contribution in [3.05, 3.63) is 59.8 Å². The molecular weight excluding hydrogens is 330 g/mol. The predicted octanol–water partition coefficient (Wildman–Crippen LogP) is 4.75. The number of nitrogens with zero attached hydrogens (tertiary/aromatic N) is 3. The molecule has 0 unspecified atom stereocenters. The summed E-state index contributed by atoms with van der Waals surface area (Å²) in [5, 5.41) is 11.6. The van der Waals surface area contributed by atoms with Crippen molar-refractivity contribution in [3.63, 3.8) is 0 Å². The van der Waals surface area contributed by atoms with Crippen LogP contribution >= 0.6 is 23.1 Å². The van der Waals surface area contributed by atoms with Gasteiger partial charge in [0, 0.05) is 16.7 Å². The second kappa shape index (κ2) is 6.39. The lowest BCUT2D eigenvalue weighted by molar-refractivity contribution is 0.447. The minimum atomic E-state index is 0.390. The standard InChI is InChI=1S/C16H11N3O2S2/c1-2-5-11(6-3-1)15-17-12(9-22-15)10-23-16-19-18-14(21-16)13-7-4-8-20-13/h1-9H,10H2.